The number of rotatable bonds is 8. The maximum Gasteiger partial charge on any atom is 0.337 e. The normalized spacial score (nSPS) is 13.1. The third-order valence-electron chi connectivity index (χ3n) is 2.61. The van der Waals surface area contributed by atoms with Crippen molar-refractivity contribution in [1.82, 2.24) is 4.72 Å². The zero-order valence-electron chi connectivity index (χ0n) is 11.2. The number of ether oxygens (including phenoxy) is 1. The molecule has 0 radical (unpaired) electrons. The molecule has 0 fully saturated rings. The number of sulfonamides is 1. The molecule has 0 saturated carbocycles. The first-order chi connectivity index (χ1) is 9.77. The zero-order chi connectivity index (χ0) is 16.0. The molecule has 0 amide bonds. The van der Waals surface area contributed by atoms with E-state index in [1.54, 1.807) is 0 Å². The number of hydrogen-bond donors (Lipinski definition) is 3. The molecule has 0 bridgehead atoms. The van der Waals surface area contributed by atoms with Crippen molar-refractivity contribution in [1.29, 1.82) is 0 Å². The average Bonchev–Trinajstić information content (AvgIpc) is 2.38. The Labute approximate surface area is 127 Å². The lowest BCUT2D eigenvalue weighted by atomic mass is 10.2. The fraction of sp³-hybridized carbons (Fsp3) is 0.417. The smallest absolute Gasteiger partial charge is 0.337 e. The Balaban J connectivity index is 2.79. The number of nitrogens with one attached hydrogen (secondary N) is 1. The molecule has 0 aliphatic rings. The average molecular weight is 338 g/mol. The van der Waals surface area contributed by atoms with Gasteiger partial charge in [0.1, 0.15) is 0 Å². The monoisotopic (exact) mass is 337 g/mol. The fourth-order valence-electron chi connectivity index (χ4n) is 1.55. The van der Waals surface area contributed by atoms with Crippen LogP contribution < -0.4 is 4.72 Å². The fourth-order valence-corrected chi connectivity index (χ4v) is 2.83. The molecule has 0 spiro atoms. The van der Waals surface area contributed by atoms with Gasteiger partial charge in [0, 0.05) is 13.7 Å². The van der Waals surface area contributed by atoms with E-state index in [9.17, 15) is 18.3 Å². The predicted molar refractivity (Wildman–Crippen MR) is 76.1 cm³/mol. The molecular formula is C12H16ClNO6S. The van der Waals surface area contributed by atoms with Gasteiger partial charge in [-0.05, 0) is 24.6 Å². The van der Waals surface area contributed by atoms with Crippen LogP contribution in [-0.2, 0) is 14.8 Å². The van der Waals surface area contributed by atoms with E-state index >= 15 is 0 Å². The van der Waals surface area contributed by atoms with Gasteiger partial charge in [-0.2, -0.15) is 0 Å². The molecule has 0 aliphatic heterocycles. The van der Waals surface area contributed by atoms with E-state index in [4.69, 9.17) is 21.4 Å². The van der Waals surface area contributed by atoms with Crippen molar-refractivity contribution in [2.24, 2.45) is 0 Å². The number of methoxy groups -OCH3 is 1. The summed E-state index contributed by atoms with van der Waals surface area (Å²) in [5.41, 5.74) is -0.293. The number of aromatic carboxylic acids is 1. The van der Waals surface area contributed by atoms with Gasteiger partial charge in [0.25, 0.3) is 0 Å². The van der Waals surface area contributed by atoms with E-state index in [0.29, 0.717) is 0 Å². The Hall–Kier alpha value is -1.19. The van der Waals surface area contributed by atoms with Crippen molar-refractivity contribution in [2.45, 2.75) is 17.4 Å². The maximum atomic E-state index is 12.0. The molecule has 21 heavy (non-hydrogen) atoms. The summed E-state index contributed by atoms with van der Waals surface area (Å²) >= 11 is 5.68. The topological polar surface area (TPSA) is 113 Å². The van der Waals surface area contributed by atoms with Crippen molar-refractivity contribution in [2.75, 3.05) is 20.3 Å². The Kier molecular flexibility index (Phi) is 6.56. The molecule has 1 aromatic carbocycles. The largest absolute Gasteiger partial charge is 0.478 e. The van der Waals surface area contributed by atoms with E-state index in [-0.39, 0.29) is 35.1 Å². The number of carbonyl (C=O) groups is 1. The molecule has 3 N–H and O–H groups in total. The second-order valence-electron chi connectivity index (χ2n) is 4.24. The first kappa shape index (κ1) is 17.9. The molecule has 1 rings (SSSR count). The summed E-state index contributed by atoms with van der Waals surface area (Å²) in [7, 11) is -2.44. The number of carboxylic acid groups (broad SMARTS) is 1. The van der Waals surface area contributed by atoms with E-state index in [1.807, 2.05) is 0 Å². The van der Waals surface area contributed by atoms with E-state index in [1.165, 1.54) is 19.2 Å². The van der Waals surface area contributed by atoms with Crippen LogP contribution in [0.2, 0.25) is 5.02 Å². The molecule has 118 valence electrons. The molecule has 1 aromatic rings. The minimum atomic E-state index is -3.87. The Morgan fingerprint density at radius 2 is 2.14 bits per heavy atom. The molecule has 7 nitrogen and oxygen atoms in total. The number of halogens is 1. The van der Waals surface area contributed by atoms with E-state index in [0.717, 1.165) is 6.07 Å². The van der Waals surface area contributed by atoms with Crippen molar-refractivity contribution in [3.8, 4) is 0 Å². The summed E-state index contributed by atoms with van der Waals surface area (Å²) in [5.74, 6) is -1.31. The number of aliphatic hydroxyl groups excluding tert-OH is 1. The van der Waals surface area contributed by atoms with Crippen LogP contribution in [0.3, 0.4) is 0 Å². The summed E-state index contributed by atoms with van der Waals surface area (Å²) in [4.78, 5) is 10.7. The maximum absolute atomic E-state index is 12.0. The van der Waals surface area contributed by atoms with Gasteiger partial charge in [-0.1, -0.05) is 11.6 Å². The van der Waals surface area contributed by atoms with E-state index < -0.39 is 22.1 Å². The van der Waals surface area contributed by atoms with Crippen LogP contribution in [-0.4, -0.2) is 51.0 Å². The number of hydrogen-bond acceptors (Lipinski definition) is 5. The van der Waals surface area contributed by atoms with Gasteiger partial charge >= 0.3 is 5.97 Å². The van der Waals surface area contributed by atoms with Crippen LogP contribution in [0.4, 0.5) is 0 Å². The first-order valence-electron chi connectivity index (χ1n) is 5.97. The minimum absolute atomic E-state index is 0.00209. The SMILES string of the molecule is COCC(O)CCNS(=O)(=O)c1ccc(Cl)c(C(=O)O)c1. The van der Waals surface area contributed by atoms with Crippen molar-refractivity contribution >= 4 is 27.6 Å². The van der Waals surface area contributed by atoms with Crippen molar-refractivity contribution in [3.63, 3.8) is 0 Å². The van der Waals surface area contributed by atoms with Gasteiger partial charge in [-0.25, -0.2) is 17.9 Å². The third kappa shape index (κ3) is 5.25. The standard InChI is InChI=1S/C12H16ClNO6S/c1-20-7-8(15)4-5-14-21(18,19)9-2-3-11(13)10(6-9)12(16)17/h2-3,6,8,14-15H,4-5,7H2,1H3,(H,16,17). The summed E-state index contributed by atoms with van der Waals surface area (Å²) in [5, 5.41) is 18.3. The van der Waals surface area contributed by atoms with Gasteiger partial charge in [0.05, 0.1) is 28.2 Å². The second-order valence-corrected chi connectivity index (χ2v) is 6.42. The van der Waals surface area contributed by atoms with Gasteiger partial charge in [-0.3, -0.25) is 0 Å². The zero-order valence-corrected chi connectivity index (χ0v) is 12.8. The minimum Gasteiger partial charge on any atom is -0.478 e. The Bertz CT molecular complexity index is 604. The van der Waals surface area contributed by atoms with Gasteiger partial charge in [-0.15, -0.1) is 0 Å². The van der Waals surface area contributed by atoms with Gasteiger partial charge in [0.2, 0.25) is 10.0 Å². The Morgan fingerprint density at radius 1 is 1.48 bits per heavy atom. The summed E-state index contributed by atoms with van der Waals surface area (Å²) in [6, 6.07) is 3.40. The predicted octanol–water partition coefficient (Wildman–Crippen LogP) is 0.714. The first-order valence-corrected chi connectivity index (χ1v) is 7.83. The number of benzene rings is 1. The molecular weight excluding hydrogens is 322 g/mol. The van der Waals surface area contributed by atoms with Gasteiger partial charge in [0.15, 0.2) is 0 Å². The lowest BCUT2D eigenvalue weighted by molar-refractivity contribution is 0.0603. The second kappa shape index (κ2) is 7.71. The lowest BCUT2D eigenvalue weighted by Gasteiger charge is -2.11. The quantitative estimate of drug-likeness (QED) is 0.644. The lowest BCUT2D eigenvalue weighted by Crippen LogP contribution is -2.28. The molecule has 1 unspecified atom stereocenters. The highest BCUT2D eigenvalue weighted by Gasteiger charge is 2.18. The highest BCUT2D eigenvalue weighted by atomic mass is 35.5. The molecule has 9 heteroatoms. The van der Waals surface area contributed by atoms with Crippen LogP contribution in [0, 0.1) is 0 Å². The molecule has 0 saturated heterocycles. The number of aliphatic hydroxyl groups is 1. The summed E-state index contributed by atoms with van der Waals surface area (Å²) in [6.07, 6.45) is -0.607. The molecule has 0 aromatic heterocycles. The highest BCUT2D eigenvalue weighted by molar-refractivity contribution is 7.89. The highest BCUT2D eigenvalue weighted by Crippen LogP contribution is 2.20. The molecule has 0 heterocycles. The van der Waals surface area contributed by atoms with E-state index in [2.05, 4.69) is 4.72 Å². The summed E-state index contributed by atoms with van der Waals surface area (Å²) < 4.78 is 31.0. The van der Waals surface area contributed by atoms with Crippen LogP contribution >= 0.6 is 11.6 Å². The third-order valence-corrected chi connectivity index (χ3v) is 4.40. The van der Waals surface area contributed by atoms with Crippen LogP contribution in [0.1, 0.15) is 16.8 Å². The van der Waals surface area contributed by atoms with Gasteiger partial charge < -0.3 is 14.9 Å². The van der Waals surface area contributed by atoms with Crippen LogP contribution in [0.15, 0.2) is 23.1 Å². The summed E-state index contributed by atoms with van der Waals surface area (Å²) in [6.45, 7) is 0.101. The van der Waals surface area contributed by atoms with Crippen LogP contribution in [0.25, 0.3) is 0 Å². The number of carboxylic acids is 1. The van der Waals surface area contributed by atoms with Crippen LogP contribution in [0.5, 0.6) is 0 Å². The Morgan fingerprint density at radius 3 is 2.71 bits per heavy atom. The molecule has 1 atom stereocenters. The molecule has 0 aliphatic carbocycles. The van der Waals surface area contributed by atoms with Crippen molar-refractivity contribution < 1.29 is 28.2 Å². The van der Waals surface area contributed by atoms with Crippen molar-refractivity contribution in [3.05, 3.63) is 28.8 Å².